The Hall–Kier alpha value is -2.08. The van der Waals surface area contributed by atoms with Gasteiger partial charge in [-0.3, -0.25) is 0 Å². The number of aromatic carboxylic acids is 1. The van der Waals surface area contributed by atoms with Gasteiger partial charge in [-0.1, -0.05) is 6.07 Å². The molecule has 0 fully saturated rings. The molecule has 0 saturated heterocycles. The Labute approximate surface area is 118 Å². The fourth-order valence-electron chi connectivity index (χ4n) is 1.81. The number of hydrogen-bond donors (Lipinski definition) is 3. The first kappa shape index (κ1) is 16.0. The molecular formula is C14H21N3O3. The molecule has 0 heterocycles. The second-order valence-electron chi connectivity index (χ2n) is 4.59. The molecule has 3 N–H and O–H groups in total. The summed E-state index contributed by atoms with van der Waals surface area (Å²) in [5, 5.41) is 14.8. The van der Waals surface area contributed by atoms with Gasteiger partial charge in [0, 0.05) is 19.3 Å². The maximum absolute atomic E-state index is 12.0. The van der Waals surface area contributed by atoms with Crippen molar-refractivity contribution in [2.45, 2.75) is 13.3 Å². The van der Waals surface area contributed by atoms with Crippen molar-refractivity contribution in [3.8, 4) is 0 Å². The minimum Gasteiger partial charge on any atom is -0.478 e. The summed E-state index contributed by atoms with van der Waals surface area (Å²) in [6, 6.07) is 4.59. The molecule has 0 aliphatic rings. The molecule has 6 nitrogen and oxygen atoms in total. The average molecular weight is 279 g/mol. The van der Waals surface area contributed by atoms with Crippen molar-refractivity contribution < 1.29 is 14.7 Å². The van der Waals surface area contributed by atoms with Crippen LogP contribution in [-0.2, 0) is 0 Å². The van der Waals surface area contributed by atoms with Gasteiger partial charge in [-0.15, -0.1) is 0 Å². The first-order valence-electron chi connectivity index (χ1n) is 6.47. The topological polar surface area (TPSA) is 81.7 Å². The zero-order chi connectivity index (χ0) is 15.1. The number of urea groups is 1. The van der Waals surface area contributed by atoms with Crippen molar-refractivity contribution in [3.05, 3.63) is 29.3 Å². The highest BCUT2D eigenvalue weighted by Crippen LogP contribution is 2.19. The lowest BCUT2D eigenvalue weighted by Gasteiger charge is -2.19. The summed E-state index contributed by atoms with van der Waals surface area (Å²) in [5.41, 5.74) is 1.27. The second-order valence-corrected chi connectivity index (χ2v) is 4.59. The van der Waals surface area contributed by atoms with E-state index in [2.05, 4.69) is 10.6 Å². The SMILES string of the molecule is CNCCCN(C)C(=O)Nc1cccc(C(=O)O)c1C. The summed E-state index contributed by atoms with van der Waals surface area (Å²) in [6.07, 6.45) is 0.856. The minimum atomic E-state index is -0.999. The predicted octanol–water partition coefficient (Wildman–Crippen LogP) is 1.77. The number of carboxylic acid groups (broad SMARTS) is 1. The van der Waals surface area contributed by atoms with E-state index in [9.17, 15) is 9.59 Å². The normalized spacial score (nSPS) is 10.2. The van der Waals surface area contributed by atoms with Gasteiger partial charge in [-0.05, 0) is 44.6 Å². The van der Waals surface area contributed by atoms with Crippen LogP contribution in [0.4, 0.5) is 10.5 Å². The highest BCUT2D eigenvalue weighted by molar-refractivity contribution is 5.95. The molecule has 0 aliphatic heterocycles. The zero-order valence-corrected chi connectivity index (χ0v) is 12.1. The van der Waals surface area contributed by atoms with Crippen molar-refractivity contribution >= 4 is 17.7 Å². The number of hydrogen-bond acceptors (Lipinski definition) is 3. The van der Waals surface area contributed by atoms with Crippen LogP contribution >= 0.6 is 0 Å². The zero-order valence-electron chi connectivity index (χ0n) is 12.1. The molecule has 1 aromatic rings. The second kappa shape index (κ2) is 7.49. The molecule has 0 radical (unpaired) electrons. The van der Waals surface area contributed by atoms with Crippen molar-refractivity contribution in [2.24, 2.45) is 0 Å². The molecule has 0 aromatic heterocycles. The van der Waals surface area contributed by atoms with Gasteiger partial charge in [-0.25, -0.2) is 9.59 Å². The summed E-state index contributed by atoms with van der Waals surface area (Å²) < 4.78 is 0. The van der Waals surface area contributed by atoms with Crippen molar-refractivity contribution in [3.63, 3.8) is 0 Å². The molecule has 20 heavy (non-hydrogen) atoms. The van der Waals surface area contributed by atoms with Crippen LogP contribution < -0.4 is 10.6 Å². The molecule has 1 rings (SSSR count). The van der Waals surface area contributed by atoms with Crippen LogP contribution in [0.3, 0.4) is 0 Å². The average Bonchev–Trinajstić information content (AvgIpc) is 2.40. The van der Waals surface area contributed by atoms with E-state index in [1.54, 1.807) is 31.0 Å². The Morgan fingerprint density at radius 1 is 1.35 bits per heavy atom. The molecule has 0 atom stereocenters. The van der Waals surface area contributed by atoms with Crippen LogP contribution in [0.25, 0.3) is 0 Å². The standard InChI is InChI=1S/C14H21N3O3/c1-10-11(13(18)19)6-4-7-12(10)16-14(20)17(3)9-5-8-15-2/h4,6-7,15H,5,8-9H2,1-3H3,(H,16,20)(H,18,19). The smallest absolute Gasteiger partial charge is 0.336 e. The molecule has 1 aromatic carbocycles. The first-order chi connectivity index (χ1) is 9.47. The molecule has 2 amide bonds. The number of carbonyl (C=O) groups is 2. The Kier molecular flexibility index (Phi) is 5.99. The third kappa shape index (κ3) is 4.24. The van der Waals surface area contributed by atoms with Crippen LogP contribution in [0, 0.1) is 6.92 Å². The maximum Gasteiger partial charge on any atom is 0.336 e. The summed E-state index contributed by atoms with van der Waals surface area (Å²) in [5.74, 6) is -0.999. The van der Waals surface area contributed by atoms with Gasteiger partial charge in [-0.2, -0.15) is 0 Å². The van der Waals surface area contributed by atoms with Gasteiger partial charge in [0.05, 0.1) is 5.56 Å². The number of benzene rings is 1. The van der Waals surface area contributed by atoms with E-state index < -0.39 is 5.97 Å². The molecule has 0 spiro atoms. The third-order valence-electron chi connectivity index (χ3n) is 3.07. The van der Waals surface area contributed by atoms with E-state index in [1.165, 1.54) is 6.07 Å². The Balaban J connectivity index is 2.71. The van der Waals surface area contributed by atoms with Crippen LogP contribution in [0.15, 0.2) is 18.2 Å². The van der Waals surface area contributed by atoms with Crippen LogP contribution in [0.1, 0.15) is 22.3 Å². The number of carbonyl (C=O) groups excluding carboxylic acids is 1. The number of amides is 2. The lowest BCUT2D eigenvalue weighted by Crippen LogP contribution is -2.33. The minimum absolute atomic E-state index is 0.195. The molecule has 6 heteroatoms. The summed E-state index contributed by atoms with van der Waals surface area (Å²) >= 11 is 0. The van der Waals surface area contributed by atoms with Gasteiger partial charge in [0.2, 0.25) is 0 Å². The largest absolute Gasteiger partial charge is 0.478 e. The fraction of sp³-hybridized carbons (Fsp3) is 0.429. The lowest BCUT2D eigenvalue weighted by atomic mass is 10.1. The third-order valence-corrected chi connectivity index (χ3v) is 3.07. The van der Waals surface area contributed by atoms with E-state index in [0.29, 0.717) is 17.8 Å². The highest BCUT2D eigenvalue weighted by atomic mass is 16.4. The maximum atomic E-state index is 12.0. The van der Waals surface area contributed by atoms with E-state index in [4.69, 9.17) is 5.11 Å². The molecule has 0 saturated carbocycles. The van der Waals surface area contributed by atoms with E-state index >= 15 is 0 Å². The highest BCUT2D eigenvalue weighted by Gasteiger charge is 2.13. The number of anilines is 1. The molecular weight excluding hydrogens is 258 g/mol. The summed E-state index contributed by atoms with van der Waals surface area (Å²) in [4.78, 5) is 24.6. The molecule has 110 valence electrons. The molecule has 0 aliphatic carbocycles. The van der Waals surface area contributed by atoms with E-state index in [-0.39, 0.29) is 11.6 Å². The first-order valence-corrected chi connectivity index (χ1v) is 6.47. The van der Waals surface area contributed by atoms with Gasteiger partial charge < -0.3 is 20.6 Å². The Morgan fingerprint density at radius 2 is 2.05 bits per heavy atom. The Morgan fingerprint density at radius 3 is 2.65 bits per heavy atom. The van der Waals surface area contributed by atoms with Gasteiger partial charge in [0.25, 0.3) is 0 Å². The Bertz CT molecular complexity index is 489. The van der Waals surface area contributed by atoms with E-state index in [1.807, 2.05) is 7.05 Å². The van der Waals surface area contributed by atoms with Crippen LogP contribution in [-0.4, -0.2) is 49.2 Å². The monoisotopic (exact) mass is 279 g/mol. The van der Waals surface area contributed by atoms with Gasteiger partial charge in [0.15, 0.2) is 0 Å². The number of carboxylic acids is 1. The number of rotatable bonds is 6. The van der Waals surface area contributed by atoms with Crippen molar-refractivity contribution in [1.29, 1.82) is 0 Å². The molecule has 0 bridgehead atoms. The van der Waals surface area contributed by atoms with Gasteiger partial charge in [0.1, 0.15) is 0 Å². The van der Waals surface area contributed by atoms with Crippen LogP contribution in [0.2, 0.25) is 0 Å². The van der Waals surface area contributed by atoms with Crippen molar-refractivity contribution in [2.75, 3.05) is 32.5 Å². The van der Waals surface area contributed by atoms with Crippen molar-refractivity contribution in [1.82, 2.24) is 10.2 Å². The lowest BCUT2D eigenvalue weighted by molar-refractivity contribution is 0.0696. The fourth-order valence-corrected chi connectivity index (χ4v) is 1.81. The van der Waals surface area contributed by atoms with Crippen LogP contribution in [0.5, 0.6) is 0 Å². The quantitative estimate of drug-likeness (QED) is 0.693. The summed E-state index contributed by atoms with van der Waals surface area (Å²) in [7, 11) is 3.57. The van der Waals surface area contributed by atoms with Gasteiger partial charge >= 0.3 is 12.0 Å². The molecule has 0 unspecified atom stereocenters. The number of nitrogens with one attached hydrogen (secondary N) is 2. The van der Waals surface area contributed by atoms with E-state index in [0.717, 1.165) is 13.0 Å². The number of nitrogens with zero attached hydrogens (tertiary/aromatic N) is 1. The predicted molar refractivity (Wildman–Crippen MR) is 78.3 cm³/mol. The summed E-state index contributed by atoms with van der Waals surface area (Å²) in [6.45, 7) is 3.15.